The molecule has 0 aromatic carbocycles. The average molecular weight is 269 g/mol. The Morgan fingerprint density at radius 2 is 1.74 bits per heavy atom. The molecule has 3 nitrogen and oxygen atoms in total. The van der Waals surface area contributed by atoms with Crippen LogP contribution in [0, 0.1) is 11.3 Å². The lowest BCUT2D eigenvalue weighted by atomic mass is 9.75. The first-order chi connectivity index (χ1) is 8.76. The van der Waals surface area contributed by atoms with Gasteiger partial charge < -0.3 is 14.4 Å². The van der Waals surface area contributed by atoms with Crippen molar-refractivity contribution in [1.29, 1.82) is 0 Å². The van der Waals surface area contributed by atoms with Gasteiger partial charge >= 0.3 is 0 Å². The summed E-state index contributed by atoms with van der Waals surface area (Å²) in [6.07, 6.45) is 4.03. The molecule has 2 rings (SSSR count). The maximum absolute atomic E-state index is 6.01. The molecule has 2 aliphatic rings. The third kappa shape index (κ3) is 4.44. The third-order valence-corrected chi connectivity index (χ3v) is 4.61. The van der Waals surface area contributed by atoms with E-state index in [-0.39, 0.29) is 0 Å². The minimum Gasteiger partial charge on any atom is -0.350 e. The van der Waals surface area contributed by atoms with Gasteiger partial charge in [0.05, 0.1) is 12.7 Å². The Morgan fingerprint density at radius 1 is 1.11 bits per heavy atom. The Bertz CT molecular complexity index is 288. The van der Waals surface area contributed by atoms with E-state index in [0.29, 0.717) is 11.5 Å². The van der Waals surface area contributed by atoms with Gasteiger partial charge in [-0.2, -0.15) is 0 Å². The van der Waals surface area contributed by atoms with E-state index in [1.54, 1.807) is 0 Å². The zero-order chi connectivity index (χ0) is 14.1. The summed E-state index contributed by atoms with van der Waals surface area (Å²) in [6, 6.07) is 0. The summed E-state index contributed by atoms with van der Waals surface area (Å²) in [5, 5.41) is 0. The summed E-state index contributed by atoms with van der Waals surface area (Å²) in [5.41, 5.74) is 0.462. The molecule has 0 bridgehead atoms. The Kier molecular flexibility index (Phi) is 4.59. The Labute approximate surface area is 118 Å². The van der Waals surface area contributed by atoms with E-state index >= 15 is 0 Å². The summed E-state index contributed by atoms with van der Waals surface area (Å²) >= 11 is 0. The lowest BCUT2D eigenvalue weighted by Gasteiger charge is -2.42. The van der Waals surface area contributed by atoms with Crippen LogP contribution in [0.3, 0.4) is 0 Å². The largest absolute Gasteiger partial charge is 0.350 e. The number of hydrogen-bond acceptors (Lipinski definition) is 3. The molecular formula is C16H31NO2. The predicted octanol–water partition coefficient (Wildman–Crippen LogP) is 3.29. The number of nitrogens with zero attached hydrogens (tertiary/aromatic N) is 1. The number of rotatable bonds is 2. The van der Waals surface area contributed by atoms with Gasteiger partial charge in [0.25, 0.3) is 0 Å². The number of hydrogen-bond donors (Lipinski definition) is 0. The second kappa shape index (κ2) is 5.71. The molecule has 2 aliphatic heterocycles. The van der Waals surface area contributed by atoms with Gasteiger partial charge in [0.2, 0.25) is 0 Å². The van der Waals surface area contributed by atoms with Gasteiger partial charge in [0.1, 0.15) is 0 Å². The molecule has 0 radical (unpaired) electrons. The molecule has 3 heteroatoms. The maximum Gasteiger partial charge on any atom is 0.163 e. The molecule has 0 aromatic rings. The van der Waals surface area contributed by atoms with Gasteiger partial charge in [-0.3, -0.25) is 0 Å². The van der Waals surface area contributed by atoms with Crippen LogP contribution in [0.25, 0.3) is 0 Å². The molecule has 0 saturated carbocycles. The first-order valence-electron chi connectivity index (χ1n) is 7.80. The Hall–Kier alpha value is -0.120. The lowest BCUT2D eigenvalue weighted by molar-refractivity contribution is -0.275. The van der Waals surface area contributed by atoms with Crippen molar-refractivity contribution in [2.75, 3.05) is 26.2 Å². The molecule has 2 saturated heterocycles. The van der Waals surface area contributed by atoms with Gasteiger partial charge in [-0.15, -0.1) is 0 Å². The van der Waals surface area contributed by atoms with Gasteiger partial charge in [0, 0.05) is 6.54 Å². The fraction of sp³-hybridized carbons (Fsp3) is 1.00. The highest BCUT2D eigenvalue weighted by molar-refractivity contribution is 4.82. The highest BCUT2D eigenvalue weighted by Crippen LogP contribution is 2.34. The highest BCUT2D eigenvalue weighted by atomic mass is 16.7. The molecule has 0 amide bonds. The second-order valence-corrected chi connectivity index (χ2v) is 7.72. The summed E-state index contributed by atoms with van der Waals surface area (Å²) in [4.78, 5) is 2.58. The lowest BCUT2D eigenvalue weighted by Crippen LogP contribution is -2.47. The zero-order valence-electron chi connectivity index (χ0n) is 13.4. The van der Waals surface area contributed by atoms with Crippen molar-refractivity contribution < 1.29 is 9.47 Å². The fourth-order valence-corrected chi connectivity index (χ4v) is 3.33. The van der Waals surface area contributed by atoms with E-state index in [1.807, 2.05) is 13.8 Å². The van der Waals surface area contributed by atoms with Crippen molar-refractivity contribution in [2.24, 2.45) is 11.3 Å². The molecule has 2 fully saturated rings. The molecule has 0 aromatic heterocycles. The van der Waals surface area contributed by atoms with Crippen LogP contribution in [0.15, 0.2) is 0 Å². The van der Waals surface area contributed by atoms with E-state index in [1.165, 1.54) is 25.9 Å². The standard InChI is InChI=1S/C16H31NO2/c1-15(2,3)13-6-9-17(10-7-13)12-14-8-11-18-16(4,5)19-14/h13-14H,6-12H2,1-5H3. The summed E-state index contributed by atoms with van der Waals surface area (Å²) < 4.78 is 11.6. The van der Waals surface area contributed by atoms with Crippen LogP contribution < -0.4 is 0 Å². The van der Waals surface area contributed by atoms with E-state index in [9.17, 15) is 0 Å². The van der Waals surface area contributed by atoms with Crippen molar-refractivity contribution in [1.82, 2.24) is 4.90 Å². The van der Waals surface area contributed by atoms with E-state index in [0.717, 1.165) is 25.5 Å². The van der Waals surface area contributed by atoms with Crippen LogP contribution in [0.5, 0.6) is 0 Å². The minimum absolute atomic E-state index is 0.343. The van der Waals surface area contributed by atoms with Gasteiger partial charge in [0.15, 0.2) is 5.79 Å². The zero-order valence-corrected chi connectivity index (χ0v) is 13.4. The van der Waals surface area contributed by atoms with Crippen molar-refractivity contribution in [3.63, 3.8) is 0 Å². The summed E-state index contributed by atoms with van der Waals surface area (Å²) in [5.74, 6) is 0.475. The van der Waals surface area contributed by atoms with Crippen LogP contribution in [0.2, 0.25) is 0 Å². The molecule has 0 spiro atoms. The molecule has 19 heavy (non-hydrogen) atoms. The molecule has 0 N–H and O–H groups in total. The normalized spacial score (nSPS) is 30.5. The number of piperidine rings is 1. The third-order valence-electron chi connectivity index (χ3n) is 4.61. The predicted molar refractivity (Wildman–Crippen MR) is 78.1 cm³/mol. The smallest absolute Gasteiger partial charge is 0.163 e. The topological polar surface area (TPSA) is 21.7 Å². The van der Waals surface area contributed by atoms with E-state index in [4.69, 9.17) is 9.47 Å². The molecule has 1 unspecified atom stereocenters. The number of ether oxygens (including phenoxy) is 2. The van der Waals surface area contributed by atoms with Crippen molar-refractivity contribution in [2.45, 2.75) is 65.8 Å². The quantitative estimate of drug-likeness (QED) is 0.768. The molecular weight excluding hydrogens is 238 g/mol. The van der Waals surface area contributed by atoms with Crippen molar-refractivity contribution in [3.05, 3.63) is 0 Å². The SMILES string of the molecule is CC1(C)OCCC(CN2CCC(C(C)(C)C)CC2)O1. The Morgan fingerprint density at radius 3 is 2.26 bits per heavy atom. The van der Waals surface area contributed by atoms with Gasteiger partial charge in [-0.1, -0.05) is 20.8 Å². The molecule has 0 aliphatic carbocycles. The first-order valence-corrected chi connectivity index (χ1v) is 7.80. The second-order valence-electron chi connectivity index (χ2n) is 7.72. The van der Waals surface area contributed by atoms with Crippen LogP contribution in [0.4, 0.5) is 0 Å². The maximum atomic E-state index is 6.01. The van der Waals surface area contributed by atoms with Crippen LogP contribution in [-0.2, 0) is 9.47 Å². The molecule has 1 atom stereocenters. The van der Waals surface area contributed by atoms with Crippen LogP contribution in [0.1, 0.15) is 53.9 Å². The Balaban J connectivity index is 1.77. The fourth-order valence-electron chi connectivity index (χ4n) is 3.33. The van der Waals surface area contributed by atoms with Crippen molar-refractivity contribution >= 4 is 0 Å². The molecule has 2 heterocycles. The summed E-state index contributed by atoms with van der Waals surface area (Å²) in [6.45, 7) is 15.5. The van der Waals surface area contributed by atoms with Gasteiger partial charge in [-0.05, 0) is 57.5 Å². The number of likely N-dealkylation sites (tertiary alicyclic amines) is 1. The molecule has 112 valence electrons. The van der Waals surface area contributed by atoms with Crippen LogP contribution in [-0.4, -0.2) is 43.0 Å². The monoisotopic (exact) mass is 269 g/mol. The van der Waals surface area contributed by atoms with E-state index < -0.39 is 5.79 Å². The first kappa shape index (κ1) is 15.3. The highest BCUT2D eigenvalue weighted by Gasteiger charge is 2.33. The summed E-state index contributed by atoms with van der Waals surface area (Å²) in [7, 11) is 0. The van der Waals surface area contributed by atoms with Crippen LogP contribution >= 0.6 is 0 Å². The van der Waals surface area contributed by atoms with Crippen molar-refractivity contribution in [3.8, 4) is 0 Å². The minimum atomic E-state index is -0.396. The van der Waals surface area contributed by atoms with Gasteiger partial charge in [-0.25, -0.2) is 0 Å². The van der Waals surface area contributed by atoms with E-state index in [2.05, 4.69) is 25.7 Å². The average Bonchev–Trinajstić information content (AvgIpc) is 2.27.